The van der Waals surface area contributed by atoms with Gasteiger partial charge in [0.1, 0.15) is 5.75 Å². The maximum absolute atomic E-state index is 5.35. The van der Waals surface area contributed by atoms with E-state index in [1.807, 2.05) is 29.1 Å². The first-order valence-corrected chi connectivity index (χ1v) is 6.68. The number of hydrogen-bond acceptors (Lipinski definition) is 3. The predicted molar refractivity (Wildman–Crippen MR) is 76.3 cm³/mol. The molecule has 0 spiro atoms. The Labute approximate surface area is 114 Å². The summed E-state index contributed by atoms with van der Waals surface area (Å²) in [6, 6.07) is 10.1. The van der Waals surface area contributed by atoms with Crippen LogP contribution in [0, 0.1) is 0 Å². The van der Waals surface area contributed by atoms with Gasteiger partial charge in [0.25, 0.3) is 0 Å². The second kappa shape index (κ2) is 6.95. The molecule has 0 saturated carbocycles. The lowest BCUT2D eigenvalue weighted by molar-refractivity contribution is 0.407. The van der Waals surface area contributed by atoms with Crippen LogP contribution in [-0.4, -0.2) is 23.4 Å². The lowest BCUT2D eigenvalue weighted by Gasteiger charge is -2.08. The molecular weight excluding hydrogens is 238 g/mol. The van der Waals surface area contributed by atoms with Crippen molar-refractivity contribution in [3.63, 3.8) is 0 Å². The van der Waals surface area contributed by atoms with E-state index in [0.29, 0.717) is 0 Å². The molecule has 1 heterocycles. The average molecular weight is 259 g/mol. The zero-order valence-electron chi connectivity index (χ0n) is 11.6. The van der Waals surface area contributed by atoms with Crippen LogP contribution in [0.1, 0.15) is 24.6 Å². The Kier molecular flexibility index (Phi) is 4.98. The Bertz CT molecular complexity index is 508. The fourth-order valence-corrected chi connectivity index (χ4v) is 1.99. The minimum absolute atomic E-state index is 0.734. The number of nitrogens with zero attached hydrogens (tertiary/aromatic N) is 2. The molecule has 0 bridgehead atoms. The number of nitrogens with one attached hydrogen (secondary N) is 1. The highest BCUT2D eigenvalue weighted by molar-refractivity contribution is 5.33. The van der Waals surface area contributed by atoms with Gasteiger partial charge in [-0.25, -0.2) is 0 Å². The molecule has 4 heteroatoms. The molecule has 1 aromatic carbocycles. The van der Waals surface area contributed by atoms with Crippen molar-refractivity contribution in [3.05, 3.63) is 47.8 Å². The molecular formula is C15H21N3O. The molecule has 0 radical (unpaired) electrons. The van der Waals surface area contributed by atoms with Gasteiger partial charge in [0.15, 0.2) is 0 Å². The molecule has 0 aliphatic carbocycles. The third kappa shape index (κ3) is 3.83. The fourth-order valence-electron chi connectivity index (χ4n) is 1.99. The molecule has 1 N–H and O–H groups in total. The van der Waals surface area contributed by atoms with Gasteiger partial charge in [0, 0.05) is 18.3 Å². The summed E-state index contributed by atoms with van der Waals surface area (Å²) in [6.45, 7) is 4.75. The van der Waals surface area contributed by atoms with Crippen molar-refractivity contribution in [1.29, 1.82) is 0 Å². The Morgan fingerprint density at radius 2 is 2.11 bits per heavy atom. The number of methoxy groups -OCH3 is 1. The molecule has 0 unspecified atom stereocenters. The normalized spacial score (nSPS) is 10.6. The first kappa shape index (κ1) is 13.6. The first-order chi connectivity index (χ1) is 9.33. The van der Waals surface area contributed by atoms with Crippen molar-refractivity contribution < 1.29 is 4.74 Å². The van der Waals surface area contributed by atoms with Gasteiger partial charge in [-0.3, -0.25) is 4.68 Å². The van der Waals surface area contributed by atoms with E-state index >= 15 is 0 Å². The third-order valence-corrected chi connectivity index (χ3v) is 2.95. The van der Waals surface area contributed by atoms with Crippen LogP contribution >= 0.6 is 0 Å². The molecule has 0 aliphatic rings. The number of aromatic nitrogens is 2. The Balaban J connectivity index is 1.99. The van der Waals surface area contributed by atoms with Gasteiger partial charge in [-0.1, -0.05) is 25.1 Å². The van der Waals surface area contributed by atoms with Crippen LogP contribution in [0.5, 0.6) is 5.75 Å². The van der Waals surface area contributed by atoms with Crippen molar-refractivity contribution in [3.8, 4) is 5.75 Å². The van der Waals surface area contributed by atoms with E-state index in [-0.39, 0.29) is 0 Å². The maximum Gasteiger partial charge on any atom is 0.123 e. The molecule has 0 amide bonds. The summed E-state index contributed by atoms with van der Waals surface area (Å²) in [6.07, 6.45) is 3.15. The zero-order chi connectivity index (χ0) is 13.5. The van der Waals surface area contributed by atoms with Crippen LogP contribution in [0.25, 0.3) is 0 Å². The third-order valence-electron chi connectivity index (χ3n) is 2.95. The average Bonchev–Trinajstić information content (AvgIpc) is 2.87. The summed E-state index contributed by atoms with van der Waals surface area (Å²) < 4.78 is 7.30. The summed E-state index contributed by atoms with van der Waals surface area (Å²) in [4.78, 5) is 0. The van der Waals surface area contributed by atoms with Crippen LogP contribution in [0.2, 0.25) is 0 Å². The van der Waals surface area contributed by atoms with E-state index in [4.69, 9.17) is 4.74 Å². The van der Waals surface area contributed by atoms with Gasteiger partial charge in [0.05, 0.1) is 19.3 Å². The summed E-state index contributed by atoms with van der Waals surface area (Å²) in [5, 5.41) is 7.90. The van der Waals surface area contributed by atoms with E-state index in [9.17, 15) is 0 Å². The SMILES string of the molecule is CCCNCc1ccn(Cc2ccccc2OC)n1. The highest BCUT2D eigenvalue weighted by Crippen LogP contribution is 2.18. The van der Waals surface area contributed by atoms with E-state index < -0.39 is 0 Å². The maximum atomic E-state index is 5.35. The highest BCUT2D eigenvalue weighted by atomic mass is 16.5. The number of para-hydroxylation sites is 1. The van der Waals surface area contributed by atoms with E-state index in [1.165, 1.54) is 0 Å². The number of benzene rings is 1. The van der Waals surface area contributed by atoms with Gasteiger partial charge >= 0.3 is 0 Å². The van der Waals surface area contributed by atoms with E-state index in [0.717, 1.165) is 43.1 Å². The van der Waals surface area contributed by atoms with Crippen molar-refractivity contribution in [2.24, 2.45) is 0 Å². The quantitative estimate of drug-likeness (QED) is 0.776. The van der Waals surface area contributed by atoms with Gasteiger partial charge in [0.2, 0.25) is 0 Å². The smallest absolute Gasteiger partial charge is 0.123 e. The molecule has 102 valence electrons. The molecule has 0 saturated heterocycles. The molecule has 4 nitrogen and oxygen atoms in total. The van der Waals surface area contributed by atoms with E-state index in [2.05, 4.69) is 29.5 Å². The predicted octanol–water partition coefficient (Wildman–Crippen LogP) is 2.44. The van der Waals surface area contributed by atoms with Crippen molar-refractivity contribution in [1.82, 2.24) is 15.1 Å². The zero-order valence-corrected chi connectivity index (χ0v) is 11.6. The van der Waals surface area contributed by atoms with Crippen LogP contribution in [0.15, 0.2) is 36.5 Å². The minimum Gasteiger partial charge on any atom is -0.496 e. The lowest BCUT2D eigenvalue weighted by atomic mass is 10.2. The van der Waals surface area contributed by atoms with Crippen molar-refractivity contribution in [2.75, 3.05) is 13.7 Å². The lowest BCUT2D eigenvalue weighted by Crippen LogP contribution is -2.14. The Morgan fingerprint density at radius 1 is 1.26 bits per heavy atom. The van der Waals surface area contributed by atoms with Gasteiger partial charge in [-0.05, 0) is 25.1 Å². The molecule has 19 heavy (non-hydrogen) atoms. The van der Waals surface area contributed by atoms with Gasteiger partial charge in [-0.2, -0.15) is 5.10 Å². The molecule has 2 aromatic rings. The van der Waals surface area contributed by atoms with E-state index in [1.54, 1.807) is 7.11 Å². The van der Waals surface area contributed by atoms with Gasteiger partial charge < -0.3 is 10.1 Å². The van der Waals surface area contributed by atoms with Crippen molar-refractivity contribution >= 4 is 0 Å². The summed E-state index contributed by atoms with van der Waals surface area (Å²) in [5.74, 6) is 0.906. The molecule has 2 rings (SSSR count). The molecule has 0 aliphatic heterocycles. The summed E-state index contributed by atoms with van der Waals surface area (Å²) in [7, 11) is 1.70. The van der Waals surface area contributed by atoms with Gasteiger partial charge in [-0.15, -0.1) is 0 Å². The fraction of sp³-hybridized carbons (Fsp3) is 0.400. The van der Waals surface area contributed by atoms with Crippen molar-refractivity contribution in [2.45, 2.75) is 26.4 Å². The Hall–Kier alpha value is -1.81. The minimum atomic E-state index is 0.734. The van der Waals surface area contributed by atoms with Crippen LogP contribution in [0.3, 0.4) is 0 Å². The molecule has 0 atom stereocenters. The second-order valence-electron chi connectivity index (χ2n) is 4.49. The monoisotopic (exact) mass is 259 g/mol. The number of hydrogen-bond donors (Lipinski definition) is 1. The summed E-state index contributed by atoms with van der Waals surface area (Å²) in [5.41, 5.74) is 2.21. The Morgan fingerprint density at radius 3 is 2.89 bits per heavy atom. The summed E-state index contributed by atoms with van der Waals surface area (Å²) >= 11 is 0. The van der Waals surface area contributed by atoms with Crippen LogP contribution < -0.4 is 10.1 Å². The van der Waals surface area contributed by atoms with Crippen LogP contribution in [-0.2, 0) is 13.1 Å². The molecule has 0 fully saturated rings. The first-order valence-electron chi connectivity index (χ1n) is 6.68. The largest absolute Gasteiger partial charge is 0.496 e. The van der Waals surface area contributed by atoms with Crippen LogP contribution in [0.4, 0.5) is 0 Å². The standard InChI is InChI=1S/C15H21N3O/c1-3-9-16-11-14-8-10-18(17-14)12-13-6-4-5-7-15(13)19-2/h4-8,10,16H,3,9,11-12H2,1-2H3. The highest BCUT2D eigenvalue weighted by Gasteiger charge is 2.04. The second-order valence-corrected chi connectivity index (χ2v) is 4.49. The molecule has 1 aromatic heterocycles. The number of ether oxygens (including phenoxy) is 1. The topological polar surface area (TPSA) is 39.1 Å². The number of rotatable bonds is 7.